The first-order valence-corrected chi connectivity index (χ1v) is 5.52. The molecule has 0 saturated heterocycles. The fourth-order valence-electron chi connectivity index (χ4n) is 1.00. The summed E-state index contributed by atoms with van der Waals surface area (Å²) in [7, 11) is 0. The van der Waals surface area contributed by atoms with E-state index in [0.29, 0.717) is 6.42 Å². The summed E-state index contributed by atoms with van der Waals surface area (Å²) >= 11 is 1.53. The van der Waals surface area contributed by atoms with Gasteiger partial charge in [0.25, 0.3) is 0 Å². The van der Waals surface area contributed by atoms with Gasteiger partial charge < -0.3 is 4.79 Å². The van der Waals surface area contributed by atoms with E-state index in [1.165, 1.54) is 11.8 Å². The molecular formula is C10H14N2OS. The van der Waals surface area contributed by atoms with Gasteiger partial charge >= 0.3 is 0 Å². The molecule has 0 atom stereocenters. The van der Waals surface area contributed by atoms with Crippen molar-refractivity contribution in [3.05, 3.63) is 17.0 Å². The molecule has 3 nitrogen and oxygen atoms in total. The Morgan fingerprint density at radius 1 is 1.21 bits per heavy atom. The maximum absolute atomic E-state index is 10.1. The monoisotopic (exact) mass is 210 g/mol. The summed E-state index contributed by atoms with van der Waals surface area (Å²) in [6.45, 7) is 5.98. The van der Waals surface area contributed by atoms with Crippen LogP contribution in [0.2, 0.25) is 0 Å². The van der Waals surface area contributed by atoms with Crippen molar-refractivity contribution < 1.29 is 4.79 Å². The van der Waals surface area contributed by atoms with E-state index in [1.807, 2.05) is 20.8 Å². The third-order valence-electron chi connectivity index (χ3n) is 2.08. The van der Waals surface area contributed by atoms with Gasteiger partial charge in [-0.05, 0) is 26.3 Å². The Balaban J connectivity index is 2.74. The Bertz CT molecular complexity index is 316. The molecule has 1 rings (SSSR count). The van der Waals surface area contributed by atoms with E-state index in [4.69, 9.17) is 0 Å². The average Bonchev–Trinajstić information content (AvgIpc) is 2.14. The Morgan fingerprint density at radius 3 is 2.29 bits per heavy atom. The van der Waals surface area contributed by atoms with Crippen LogP contribution < -0.4 is 0 Å². The van der Waals surface area contributed by atoms with Crippen LogP contribution in [-0.4, -0.2) is 22.0 Å². The molecule has 0 spiro atoms. The quantitative estimate of drug-likeness (QED) is 0.330. The summed E-state index contributed by atoms with van der Waals surface area (Å²) in [5.74, 6) is 0.755. The standard InChI is InChI=1S/C10H14N2OS/c1-7-8(2)11-10(12-9(7)3)14-6-4-5-13/h5H,4,6H2,1-3H3. The minimum absolute atomic E-state index is 0.556. The normalized spacial score (nSPS) is 10.2. The Labute approximate surface area is 88.3 Å². The summed E-state index contributed by atoms with van der Waals surface area (Å²) in [6.07, 6.45) is 1.47. The molecule has 1 aromatic heterocycles. The number of hydrogen-bond acceptors (Lipinski definition) is 4. The van der Waals surface area contributed by atoms with Crippen LogP contribution in [0.15, 0.2) is 5.16 Å². The van der Waals surface area contributed by atoms with Crippen LogP contribution in [0.4, 0.5) is 0 Å². The smallest absolute Gasteiger partial charge is 0.188 e. The van der Waals surface area contributed by atoms with Crippen molar-refractivity contribution in [2.75, 3.05) is 5.75 Å². The van der Waals surface area contributed by atoms with Crippen LogP contribution in [-0.2, 0) is 4.79 Å². The van der Waals surface area contributed by atoms with E-state index in [0.717, 1.165) is 34.1 Å². The highest BCUT2D eigenvalue weighted by molar-refractivity contribution is 7.99. The number of thioether (sulfide) groups is 1. The van der Waals surface area contributed by atoms with Gasteiger partial charge in [0.15, 0.2) is 5.16 Å². The van der Waals surface area contributed by atoms with E-state index in [9.17, 15) is 4.79 Å². The fraction of sp³-hybridized carbons (Fsp3) is 0.500. The van der Waals surface area contributed by atoms with Gasteiger partial charge in [-0.15, -0.1) is 0 Å². The summed E-state index contributed by atoms with van der Waals surface area (Å²) in [6, 6.07) is 0. The Kier molecular flexibility index (Phi) is 4.07. The van der Waals surface area contributed by atoms with Gasteiger partial charge in [-0.2, -0.15) is 0 Å². The first kappa shape index (κ1) is 11.2. The first-order chi connectivity index (χ1) is 6.65. The second-order valence-corrected chi connectivity index (χ2v) is 4.17. The zero-order valence-electron chi connectivity index (χ0n) is 8.70. The number of carbonyl (C=O) groups is 1. The molecule has 76 valence electrons. The van der Waals surface area contributed by atoms with E-state index in [1.54, 1.807) is 0 Å². The SMILES string of the molecule is Cc1nc(SCCC=O)nc(C)c1C. The molecule has 0 radical (unpaired) electrons. The third kappa shape index (κ3) is 2.80. The highest BCUT2D eigenvalue weighted by atomic mass is 32.2. The predicted molar refractivity (Wildman–Crippen MR) is 57.6 cm³/mol. The third-order valence-corrected chi connectivity index (χ3v) is 2.96. The van der Waals surface area contributed by atoms with Gasteiger partial charge in [0.1, 0.15) is 6.29 Å². The number of aromatic nitrogens is 2. The second kappa shape index (κ2) is 5.10. The van der Waals surface area contributed by atoms with Crippen LogP contribution in [0.1, 0.15) is 23.4 Å². The molecule has 0 fully saturated rings. The van der Waals surface area contributed by atoms with Crippen LogP contribution in [0.25, 0.3) is 0 Å². The lowest BCUT2D eigenvalue weighted by molar-refractivity contribution is -0.107. The summed E-state index contributed by atoms with van der Waals surface area (Å²) < 4.78 is 0. The van der Waals surface area contributed by atoms with Gasteiger partial charge in [0, 0.05) is 23.6 Å². The Hall–Kier alpha value is -0.900. The van der Waals surface area contributed by atoms with Gasteiger partial charge in [0.2, 0.25) is 0 Å². The minimum atomic E-state index is 0.556. The summed E-state index contributed by atoms with van der Waals surface area (Å²) in [5, 5.41) is 0.771. The van der Waals surface area contributed by atoms with E-state index in [-0.39, 0.29) is 0 Å². The largest absolute Gasteiger partial charge is 0.303 e. The number of aryl methyl sites for hydroxylation is 2. The highest BCUT2D eigenvalue weighted by Gasteiger charge is 2.04. The molecular weight excluding hydrogens is 196 g/mol. The van der Waals surface area contributed by atoms with Gasteiger partial charge in [-0.1, -0.05) is 11.8 Å². The van der Waals surface area contributed by atoms with Crippen molar-refractivity contribution in [2.24, 2.45) is 0 Å². The van der Waals surface area contributed by atoms with E-state index < -0.39 is 0 Å². The topological polar surface area (TPSA) is 42.9 Å². The zero-order chi connectivity index (χ0) is 10.6. The molecule has 0 aromatic carbocycles. The average molecular weight is 210 g/mol. The van der Waals surface area contributed by atoms with E-state index in [2.05, 4.69) is 9.97 Å². The lowest BCUT2D eigenvalue weighted by Gasteiger charge is -2.05. The molecule has 0 aliphatic heterocycles. The van der Waals surface area contributed by atoms with Crippen LogP contribution in [0.3, 0.4) is 0 Å². The molecule has 0 amide bonds. The molecule has 0 N–H and O–H groups in total. The molecule has 0 aliphatic rings. The zero-order valence-corrected chi connectivity index (χ0v) is 9.52. The lowest BCUT2D eigenvalue weighted by atomic mass is 10.2. The molecule has 0 aliphatic carbocycles. The van der Waals surface area contributed by atoms with Crippen molar-refractivity contribution in [3.63, 3.8) is 0 Å². The van der Waals surface area contributed by atoms with Crippen LogP contribution in [0, 0.1) is 20.8 Å². The van der Waals surface area contributed by atoms with Gasteiger partial charge in [-0.25, -0.2) is 9.97 Å². The number of aldehydes is 1. The maximum Gasteiger partial charge on any atom is 0.188 e. The van der Waals surface area contributed by atoms with Crippen molar-refractivity contribution in [2.45, 2.75) is 32.3 Å². The predicted octanol–water partition coefficient (Wildman–Crippen LogP) is 2.08. The summed E-state index contributed by atoms with van der Waals surface area (Å²) in [5.41, 5.74) is 3.18. The lowest BCUT2D eigenvalue weighted by Crippen LogP contribution is -1.98. The first-order valence-electron chi connectivity index (χ1n) is 4.53. The highest BCUT2D eigenvalue weighted by Crippen LogP contribution is 2.17. The fourth-order valence-corrected chi connectivity index (χ4v) is 1.80. The van der Waals surface area contributed by atoms with Crippen molar-refractivity contribution in [1.29, 1.82) is 0 Å². The number of nitrogens with zero attached hydrogens (tertiary/aromatic N) is 2. The Morgan fingerprint density at radius 2 is 1.79 bits per heavy atom. The number of rotatable bonds is 4. The molecule has 0 bridgehead atoms. The summed E-state index contributed by atoms with van der Waals surface area (Å²) in [4.78, 5) is 18.8. The van der Waals surface area contributed by atoms with Crippen LogP contribution in [0.5, 0.6) is 0 Å². The molecule has 4 heteroatoms. The van der Waals surface area contributed by atoms with Gasteiger partial charge in [0.05, 0.1) is 0 Å². The number of carbonyl (C=O) groups excluding carboxylic acids is 1. The molecule has 14 heavy (non-hydrogen) atoms. The van der Waals surface area contributed by atoms with Crippen molar-refractivity contribution >= 4 is 18.0 Å². The maximum atomic E-state index is 10.1. The molecule has 0 unspecified atom stereocenters. The van der Waals surface area contributed by atoms with E-state index >= 15 is 0 Å². The second-order valence-electron chi connectivity index (χ2n) is 3.11. The molecule has 1 aromatic rings. The number of hydrogen-bond donors (Lipinski definition) is 0. The van der Waals surface area contributed by atoms with Crippen molar-refractivity contribution in [1.82, 2.24) is 9.97 Å². The van der Waals surface area contributed by atoms with Crippen molar-refractivity contribution in [3.8, 4) is 0 Å². The molecule has 1 heterocycles. The minimum Gasteiger partial charge on any atom is -0.303 e. The van der Waals surface area contributed by atoms with Crippen LogP contribution >= 0.6 is 11.8 Å². The molecule has 0 saturated carbocycles. The van der Waals surface area contributed by atoms with Gasteiger partial charge in [-0.3, -0.25) is 0 Å².